The molecule has 2 unspecified atom stereocenters. The van der Waals surface area contributed by atoms with Crippen molar-refractivity contribution in [3.63, 3.8) is 0 Å². The number of ether oxygens (including phenoxy) is 1. The van der Waals surface area contributed by atoms with E-state index in [9.17, 15) is 4.79 Å². The maximum atomic E-state index is 12.4. The second-order valence-corrected chi connectivity index (χ2v) is 10.3. The van der Waals surface area contributed by atoms with Gasteiger partial charge in [-0.3, -0.25) is 9.67 Å². The zero-order chi connectivity index (χ0) is 23.1. The van der Waals surface area contributed by atoms with Gasteiger partial charge in [-0.2, -0.15) is 5.10 Å². The van der Waals surface area contributed by atoms with Crippen molar-refractivity contribution in [3.05, 3.63) is 18.0 Å². The van der Waals surface area contributed by atoms with Crippen molar-refractivity contribution in [2.45, 2.75) is 65.4 Å². The van der Waals surface area contributed by atoms with Crippen molar-refractivity contribution >= 4 is 36.0 Å². The molecule has 188 valence electrons. The van der Waals surface area contributed by atoms with Gasteiger partial charge in [-0.1, -0.05) is 0 Å². The van der Waals surface area contributed by atoms with Crippen LogP contribution in [0.4, 0.5) is 4.79 Å². The van der Waals surface area contributed by atoms with Gasteiger partial charge in [0.1, 0.15) is 5.60 Å². The number of aromatic nitrogens is 2. The van der Waals surface area contributed by atoms with Crippen molar-refractivity contribution in [2.75, 3.05) is 39.3 Å². The summed E-state index contributed by atoms with van der Waals surface area (Å²) < 4.78 is 7.44. The molecule has 2 aliphatic rings. The third-order valence-corrected chi connectivity index (χ3v) is 6.17. The molecule has 2 atom stereocenters. The summed E-state index contributed by atoms with van der Waals surface area (Å²) in [6.07, 6.45) is 9.37. The predicted molar refractivity (Wildman–Crippen MR) is 143 cm³/mol. The smallest absolute Gasteiger partial charge is 0.410 e. The molecule has 3 heterocycles. The molecular formula is C24H43IN6O2. The normalized spacial score (nSPS) is 21.7. The van der Waals surface area contributed by atoms with Gasteiger partial charge in [0.25, 0.3) is 0 Å². The molecule has 0 radical (unpaired) electrons. The van der Waals surface area contributed by atoms with E-state index in [-0.39, 0.29) is 30.1 Å². The lowest BCUT2D eigenvalue weighted by atomic mass is 9.95. The number of halogens is 1. The van der Waals surface area contributed by atoms with Crippen molar-refractivity contribution in [1.29, 1.82) is 0 Å². The molecule has 1 N–H and O–H groups in total. The molecule has 2 aliphatic heterocycles. The Kier molecular flexibility index (Phi) is 10.8. The van der Waals surface area contributed by atoms with E-state index in [0.29, 0.717) is 11.8 Å². The Hall–Kier alpha value is -1.52. The summed E-state index contributed by atoms with van der Waals surface area (Å²) in [6.45, 7) is 13.2. The van der Waals surface area contributed by atoms with Gasteiger partial charge in [0, 0.05) is 52.5 Å². The number of aryl methyl sites for hydroxylation is 1. The van der Waals surface area contributed by atoms with Gasteiger partial charge < -0.3 is 19.9 Å². The third-order valence-electron chi connectivity index (χ3n) is 6.17. The van der Waals surface area contributed by atoms with Gasteiger partial charge in [0.2, 0.25) is 0 Å². The number of carbonyl (C=O) groups excluding carboxylic acids is 1. The number of piperidine rings is 1. The minimum Gasteiger partial charge on any atom is -0.444 e. The molecule has 33 heavy (non-hydrogen) atoms. The lowest BCUT2D eigenvalue weighted by Crippen LogP contribution is -2.43. The number of nitrogens with zero attached hydrogens (tertiary/aromatic N) is 5. The fraction of sp³-hybridized carbons (Fsp3) is 0.792. The van der Waals surface area contributed by atoms with Crippen LogP contribution in [0.2, 0.25) is 0 Å². The molecule has 3 rings (SSSR count). The number of aliphatic imine (C=N–C) groups is 1. The molecule has 0 saturated carbocycles. The largest absolute Gasteiger partial charge is 0.444 e. The number of amides is 1. The van der Waals surface area contributed by atoms with Crippen molar-refractivity contribution in [2.24, 2.45) is 23.9 Å². The molecule has 1 amide bonds. The van der Waals surface area contributed by atoms with Gasteiger partial charge in [-0.25, -0.2) is 4.79 Å². The van der Waals surface area contributed by atoms with Gasteiger partial charge >= 0.3 is 6.09 Å². The van der Waals surface area contributed by atoms with Crippen LogP contribution < -0.4 is 5.32 Å². The first kappa shape index (κ1) is 27.7. The van der Waals surface area contributed by atoms with Crippen LogP contribution in [0.15, 0.2) is 17.4 Å². The lowest BCUT2D eigenvalue weighted by molar-refractivity contribution is 0.0163. The minimum atomic E-state index is -0.445. The van der Waals surface area contributed by atoms with Crippen LogP contribution in [0, 0.1) is 11.8 Å². The van der Waals surface area contributed by atoms with E-state index in [2.05, 4.69) is 28.4 Å². The fourth-order valence-corrected chi connectivity index (χ4v) is 4.67. The van der Waals surface area contributed by atoms with Gasteiger partial charge in [-0.05, 0) is 77.2 Å². The van der Waals surface area contributed by atoms with E-state index in [1.807, 2.05) is 43.6 Å². The minimum absolute atomic E-state index is 0. The zero-order valence-corrected chi connectivity index (χ0v) is 23.4. The van der Waals surface area contributed by atoms with Crippen LogP contribution in [0.3, 0.4) is 0 Å². The summed E-state index contributed by atoms with van der Waals surface area (Å²) >= 11 is 0. The van der Waals surface area contributed by atoms with Crippen molar-refractivity contribution in [3.8, 4) is 0 Å². The second kappa shape index (κ2) is 12.8. The Balaban J connectivity index is 0.00000385. The Morgan fingerprint density at radius 3 is 2.64 bits per heavy atom. The highest BCUT2D eigenvalue weighted by Gasteiger charge is 2.28. The summed E-state index contributed by atoms with van der Waals surface area (Å²) in [5.41, 5.74) is 0.868. The summed E-state index contributed by atoms with van der Waals surface area (Å²) in [5.74, 6) is 2.16. The Morgan fingerprint density at radius 1 is 1.21 bits per heavy atom. The molecule has 2 fully saturated rings. The number of carbonyl (C=O) groups is 1. The summed E-state index contributed by atoms with van der Waals surface area (Å²) in [5, 5.41) is 7.77. The van der Waals surface area contributed by atoms with E-state index in [4.69, 9.17) is 9.73 Å². The zero-order valence-electron chi connectivity index (χ0n) is 21.0. The Bertz CT molecular complexity index is 775. The number of rotatable bonds is 6. The van der Waals surface area contributed by atoms with Crippen molar-refractivity contribution in [1.82, 2.24) is 24.9 Å². The quantitative estimate of drug-likeness (QED) is 0.317. The Morgan fingerprint density at radius 2 is 1.97 bits per heavy atom. The maximum Gasteiger partial charge on any atom is 0.410 e. The first-order valence-electron chi connectivity index (χ1n) is 12.2. The third kappa shape index (κ3) is 8.98. The van der Waals surface area contributed by atoms with Crippen LogP contribution in [0.5, 0.6) is 0 Å². The molecule has 1 aromatic rings. The first-order valence-corrected chi connectivity index (χ1v) is 12.2. The van der Waals surface area contributed by atoms with E-state index in [0.717, 1.165) is 70.9 Å². The lowest BCUT2D eigenvalue weighted by Gasteiger charge is -2.34. The second-order valence-electron chi connectivity index (χ2n) is 10.3. The number of hydrogen-bond donors (Lipinski definition) is 1. The SMILES string of the molecule is CCNC(=NCCC1CCCN(C(=O)OC(C)(C)C)C1)N1CCC(Cc2cnn(C)c2)C1.I. The topological polar surface area (TPSA) is 75.0 Å². The highest BCUT2D eigenvalue weighted by atomic mass is 127. The molecule has 9 heteroatoms. The van der Waals surface area contributed by atoms with Crippen LogP contribution in [-0.2, 0) is 18.2 Å². The molecule has 0 aromatic carbocycles. The number of hydrogen-bond acceptors (Lipinski definition) is 4. The molecule has 0 bridgehead atoms. The van der Waals surface area contributed by atoms with E-state index in [1.54, 1.807) is 0 Å². The standard InChI is InChI=1S/C24H42N6O2.HI/c1-6-25-22(29-13-10-20(18-29)14-21-15-27-28(5)16-21)26-11-9-19-8-7-12-30(17-19)23(31)32-24(2,3)4;/h15-16,19-20H,6-14,17-18H2,1-5H3,(H,25,26);1H. The number of likely N-dealkylation sites (tertiary alicyclic amines) is 2. The van der Waals surface area contributed by atoms with Gasteiger partial charge in [0.05, 0.1) is 6.20 Å². The molecule has 0 aliphatic carbocycles. The summed E-state index contributed by atoms with van der Waals surface area (Å²) in [4.78, 5) is 21.6. The molecule has 1 aromatic heterocycles. The number of guanidine groups is 1. The average Bonchev–Trinajstić information content (AvgIpc) is 3.35. The Labute approximate surface area is 216 Å². The highest BCUT2D eigenvalue weighted by Crippen LogP contribution is 2.23. The molecule has 0 spiro atoms. The van der Waals surface area contributed by atoms with Crippen LogP contribution in [0.25, 0.3) is 0 Å². The highest BCUT2D eigenvalue weighted by molar-refractivity contribution is 14.0. The first-order chi connectivity index (χ1) is 15.2. The fourth-order valence-electron chi connectivity index (χ4n) is 4.67. The van der Waals surface area contributed by atoms with E-state index in [1.165, 1.54) is 12.0 Å². The monoisotopic (exact) mass is 574 g/mol. The molecular weight excluding hydrogens is 531 g/mol. The average molecular weight is 575 g/mol. The van der Waals surface area contributed by atoms with Crippen molar-refractivity contribution < 1.29 is 9.53 Å². The van der Waals surface area contributed by atoms with Crippen LogP contribution in [-0.4, -0.2) is 76.5 Å². The van der Waals surface area contributed by atoms with Gasteiger partial charge in [-0.15, -0.1) is 24.0 Å². The predicted octanol–water partition coefficient (Wildman–Crippen LogP) is 3.91. The summed E-state index contributed by atoms with van der Waals surface area (Å²) in [6, 6.07) is 0. The maximum absolute atomic E-state index is 12.4. The summed E-state index contributed by atoms with van der Waals surface area (Å²) in [7, 11) is 1.97. The number of nitrogens with one attached hydrogen (secondary N) is 1. The van der Waals surface area contributed by atoms with E-state index >= 15 is 0 Å². The van der Waals surface area contributed by atoms with Gasteiger partial charge in [0.15, 0.2) is 5.96 Å². The molecule has 2 saturated heterocycles. The van der Waals surface area contributed by atoms with Crippen LogP contribution in [0.1, 0.15) is 58.9 Å². The van der Waals surface area contributed by atoms with Crippen LogP contribution >= 0.6 is 24.0 Å². The van der Waals surface area contributed by atoms with E-state index < -0.39 is 5.60 Å². The molecule has 8 nitrogen and oxygen atoms in total.